The molecule has 1 aliphatic heterocycles. The van der Waals surface area contributed by atoms with E-state index in [0.717, 1.165) is 6.54 Å². The molecule has 0 aromatic rings. The van der Waals surface area contributed by atoms with E-state index in [4.69, 9.17) is 9.47 Å². The van der Waals surface area contributed by atoms with E-state index in [0.29, 0.717) is 32.2 Å². The number of rotatable bonds is 7. The van der Waals surface area contributed by atoms with Gasteiger partial charge >= 0.3 is 5.97 Å². The van der Waals surface area contributed by atoms with Gasteiger partial charge < -0.3 is 19.7 Å². The van der Waals surface area contributed by atoms with Crippen LogP contribution < -0.4 is 5.32 Å². The molecule has 2 unspecified atom stereocenters. The Balaban J connectivity index is 2.61. The summed E-state index contributed by atoms with van der Waals surface area (Å²) in [6.07, 6.45) is 0. The van der Waals surface area contributed by atoms with Gasteiger partial charge in [0.1, 0.15) is 6.54 Å². The fraction of sp³-hybridized carbons (Fsp3) is 0.846. The first-order valence-electron chi connectivity index (χ1n) is 6.74. The summed E-state index contributed by atoms with van der Waals surface area (Å²) in [5.41, 5.74) is 0. The number of carbonyl (C=O) groups is 2. The Hall–Kier alpha value is -1.14. The number of methoxy groups -OCH3 is 1. The number of hydrogen-bond acceptors (Lipinski definition) is 5. The summed E-state index contributed by atoms with van der Waals surface area (Å²) in [6.45, 7) is 6.46. The summed E-state index contributed by atoms with van der Waals surface area (Å²) in [4.78, 5) is 25.5. The van der Waals surface area contributed by atoms with E-state index >= 15 is 0 Å². The summed E-state index contributed by atoms with van der Waals surface area (Å²) in [5, 5.41) is 3.20. The largest absolute Gasteiger partial charge is 0.465 e. The lowest BCUT2D eigenvalue weighted by molar-refractivity contribution is -0.150. The molecule has 6 nitrogen and oxygen atoms in total. The Morgan fingerprint density at radius 1 is 1.37 bits per heavy atom. The molecule has 110 valence electrons. The molecule has 0 aromatic carbocycles. The third kappa shape index (κ3) is 4.80. The monoisotopic (exact) mass is 272 g/mol. The van der Waals surface area contributed by atoms with Gasteiger partial charge in [0, 0.05) is 20.2 Å². The first-order valence-corrected chi connectivity index (χ1v) is 6.74. The molecule has 0 aliphatic carbocycles. The topological polar surface area (TPSA) is 67.9 Å². The normalized spacial score (nSPS) is 22.3. The van der Waals surface area contributed by atoms with Gasteiger partial charge in [-0.3, -0.25) is 9.59 Å². The maximum Gasteiger partial charge on any atom is 0.325 e. The van der Waals surface area contributed by atoms with Crippen molar-refractivity contribution in [3.05, 3.63) is 0 Å². The van der Waals surface area contributed by atoms with Gasteiger partial charge in [0.05, 0.1) is 19.1 Å². The Kier molecular flexibility index (Phi) is 6.80. The first kappa shape index (κ1) is 15.9. The van der Waals surface area contributed by atoms with Gasteiger partial charge in [-0.05, 0) is 19.4 Å². The fourth-order valence-corrected chi connectivity index (χ4v) is 2.21. The number of esters is 1. The van der Waals surface area contributed by atoms with Crippen molar-refractivity contribution < 1.29 is 19.1 Å². The SMILES string of the molecule is CCOC(=O)CN(CCOC)C(=O)C1CNCC1C. The minimum absolute atomic E-state index is 0.000741. The number of nitrogens with zero attached hydrogens (tertiary/aromatic N) is 1. The second-order valence-corrected chi connectivity index (χ2v) is 4.80. The molecule has 19 heavy (non-hydrogen) atoms. The van der Waals surface area contributed by atoms with Crippen LogP contribution in [0.3, 0.4) is 0 Å². The minimum Gasteiger partial charge on any atom is -0.465 e. The molecule has 1 N–H and O–H groups in total. The highest BCUT2D eigenvalue weighted by molar-refractivity contribution is 5.84. The van der Waals surface area contributed by atoms with E-state index < -0.39 is 0 Å². The Labute approximate surface area is 114 Å². The first-order chi connectivity index (χ1) is 9.10. The highest BCUT2D eigenvalue weighted by Crippen LogP contribution is 2.18. The van der Waals surface area contributed by atoms with Crippen molar-refractivity contribution in [1.29, 1.82) is 0 Å². The number of nitrogens with one attached hydrogen (secondary N) is 1. The molecule has 0 radical (unpaired) electrons. The highest BCUT2D eigenvalue weighted by Gasteiger charge is 2.33. The zero-order valence-electron chi connectivity index (χ0n) is 12.0. The van der Waals surface area contributed by atoms with Crippen molar-refractivity contribution in [2.45, 2.75) is 13.8 Å². The van der Waals surface area contributed by atoms with Crippen molar-refractivity contribution in [2.75, 3.05) is 46.5 Å². The molecule has 0 saturated carbocycles. The van der Waals surface area contributed by atoms with E-state index in [9.17, 15) is 9.59 Å². The molecule has 1 rings (SSSR count). The molecule has 0 aromatic heterocycles. The van der Waals surface area contributed by atoms with Crippen molar-refractivity contribution in [1.82, 2.24) is 10.2 Å². The second-order valence-electron chi connectivity index (χ2n) is 4.80. The fourth-order valence-electron chi connectivity index (χ4n) is 2.21. The Morgan fingerprint density at radius 2 is 2.11 bits per heavy atom. The van der Waals surface area contributed by atoms with E-state index in [1.807, 2.05) is 6.92 Å². The molecule has 1 saturated heterocycles. The van der Waals surface area contributed by atoms with Crippen molar-refractivity contribution in [3.63, 3.8) is 0 Å². The number of ether oxygens (including phenoxy) is 2. The lowest BCUT2D eigenvalue weighted by Gasteiger charge is -2.25. The average Bonchev–Trinajstić information content (AvgIpc) is 2.80. The van der Waals surface area contributed by atoms with Crippen LogP contribution in [0.15, 0.2) is 0 Å². The summed E-state index contributed by atoms with van der Waals surface area (Å²) in [7, 11) is 1.58. The molecular weight excluding hydrogens is 248 g/mol. The lowest BCUT2D eigenvalue weighted by atomic mass is 9.96. The van der Waals surface area contributed by atoms with E-state index in [1.54, 1.807) is 14.0 Å². The van der Waals surface area contributed by atoms with Crippen LogP contribution in [-0.4, -0.2) is 63.3 Å². The molecule has 0 bridgehead atoms. The lowest BCUT2D eigenvalue weighted by Crippen LogP contribution is -2.43. The molecule has 1 amide bonds. The quantitative estimate of drug-likeness (QED) is 0.654. The van der Waals surface area contributed by atoms with Crippen LogP contribution >= 0.6 is 0 Å². The van der Waals surface area contributed by atoms with Gasteiger partial charge in [0.15, 0.2) is 0 Å². The minimum atomic E-state index is -0.370. The second kappa shape index (κ2) is 8.12. The van der Waals surface area contributed by atoms with Crippen LogP contribution in [0.1, 0.15) is 13.8 Å². The summed E-state index contributed by atoms with van der Waals surface area (Å²) in [5.74, 6) is -0.140. The maximum atomic E-state index is 12.4. The number of carbonyl (C=O) groups excluding carboxylic acids is 2. The predicted molar refractivity (Wildman–Crippen MR) is 70.6 cm³/mol. The zero-order chi connectivity index (χ0) is 14.3. The van der Waals surface area contributed by atoms with Crippen LogP contribution in [0.4, 0.5) is 0 Å². The highest BCUT2D eigenvalue weighted by atomic mass is 16.5. The van der Waals surface area contributed by atoms with E-state index in [-0.39, 0.29) is 24.3 Å². The van der Waals surface area contributed by atoms with E-state index in [2.05, 4.69) is 5.32 Å². The van der Waals surface area contributed by atoms with Gasteiger partial charge in [-0.25, -0.2) is 0 Å². The molecule has 1 heterocycles. The summed E-state index contributed by atoms with van der Waals surface area (Å²) < 4.78 is 9.89. The maximum absolute atomic E-state index is 12.4. The van der Waals surface area contributed by atoms with Crippen molar-refractivity contribution >= 4 is 11.9 Å². The third-order valence-corrected chi connectivity index (χ3v) is 3.34. The standard InChI is InChI=1S/C13H24N2O4/c1-4-19-12(16)9-15(5-6-18-3)13(17)11-8-14-7-10(11)2/h10-11,14H,4-9H2,1-3H3. The van der Waals surface area contributed by atoms with Crippen LogP contribution in [-0.2, 0) is 19.1 Å². The summed E-state index contributed by atoms with van der Waals surface area (Å²) in [6, 6.07) is 0. The summed E-state index contributed by atoms with van der Waals surface area (Å²) >= 11 is 0. The van der Waals surface area contributed by atoms with Crippen LogP contribution in [0.25, 0.3) is 0 Å². The molecular formula is C13H24N2O4. The molecule has 0 spiro atoms. The average molecular weight is 272 g/mol. The molecule has 2 atom stereocenters. The van der Waals surface area contributed by atoms with Gasteiger partial charge in [-0.2, -0.15) is 0 Å². The van der Waals surface area contributed by atoms with Gasteiger partial charge in [0.2, 0.25) is 5.91 Å². The molecule has 6 heteroatoms. The Bertz CT molecular complexity index is 309. The Morgan fingerprint density at radius 3 is 2.63 bits per heavy atom. The van der Waals surface area contributed by atoms with Gasteiger partial charge in [0.25, 0.3) is 0 Å². The van der Waals surface area contributed by atoms with Crippen molar-refractivity contribution in [3.8, 4) is 0 Å². The van der Waals surface area contributed by atoms with Crippen LogP contribution in [0, 0.1) is 11.8 Å². The third-order valence-electron chi connectivity index (χ3n) is 3.34. The molecule has 1 aliphatic rings. The molecule has 1 fully saturated rings. The van der Waals surface area contributed by atoms with Crippen LogP contribution in [0.5, 0.6) is 0 Å². The smallest absolute Gasteiger partial charge is 0.325 e. The van der Waals surface area contributed by atoms with Crippen molar-refractivity contribution in [2.24, 2.45) is 11.8 Å². The van der Waals surface area contributed by atoms with Gasteiger partial charge in [-0.1, -0.05) is 6.92 Å². The van der Waals surface area contributed by atoms with E-state index in [1.165, 1.54) is 4.90 Å². The predicted octanol–water partition coefficient (Wildman–Crippen LogP) is -0.120. The van der Waals surface area contributed by atoms with Crippen LogP contribution in [0.2, 0.25) is 0 Å². The zero-order valence-corrected chi connectivity index (χ0v) is 12.0. The van der Waals surface area contributed by atoms with Gasteiger partial charge in [-0.15, -0.1) is 0 Å². The number of hydrogen-bond donors (Lipinski definition) is 1. The number of amides is 1.